The lowest BCUT2D eigenvalue weighted by molar-refractivity contribution is -0.132. The van der Waals surface area contributed by atoms with Crippen LogP contribution in [0.2, 0.25) is 0 Å². The molecule has 1 aromatic heterocycles. The lowest BCUT2D eigenvalue weighted by atomic mass is 10.1. The molecule has 102 valence electrons. The largest absolute Gasteiger partial charge is 0.357 e. The Morgan fingerprint density at radius 3 is 2.95 bits per heavy atom. The maximum atomic E-state index is 13.8. The predicted molar refractivity (Wildman–Crippen MR) is 66.1 cm³/mol. The van der Waals surface area contributed by atoms with E-state index in [1.807, 2.05) is 0 Å². The van der Waals surface area contributed by atoms with E-state index in [2.05, 4.69) is 20.6 Å². The van der Waals surface area contributed by atoms with Gasteiger partial charge in [0.25, 0.3) is 0 Å². The Kier molecular flexibility index (Phi) is 3.59. The van der Waals surface area contributed by atoms with Crippen molar-refractivity contribution in [1.29, 1.82) is 0 Å². The van der Waals surface area contributed by atoms with Crippen LogP contribution in [-0.2, 0) is 9.59 Å². The minimum Gasteiger partial charge on any atom is -0.357 e. The summed E-state index contributed by atoms with van der Waals surface area (Å²) in [4.78, 5) is 32.2. The number of imide groups is 1. The van der Waals surface area contributed by atoms with E-state index in [9.17, 15) is 14.0 Å². The summed E-state index contributed by atoms with van der Waals surface area (Å²) in [6.45, 7) is 1.67. The van der Waals surface area contributed by atoms with Gasteiger partial charge < -0.3 is 10.2 Å². The standard InChI is InChI=1S/C11H14FN5O2/c1-3-7-10(19)15-8(18)5-17(7)9-6(12)4-14-11(13-2)16-9/h4,7H,3,5H2,1-2H3,(H,13,14,16)(H,15,18,19). The predicted octanol–water partition coefficient (Wildman–Crippen LogP) is -0.101. The monoisotopic (exact) mass is 267 g/mol. The second-order valence-corrected chi connectivity index (χ2v) is 4.08. The molecule has 1 unspecified atom stereocenters. The van der Waals surface area contributed by atoms with Crippen molar-refractivity contribution in [3.8, 4) is 0 Å². The van der Waals surface area contributed by atoms with Gasteiger partial charge in [0, 0.05) is 7.05 Å². The minimum atomic E-state index is -0.667. The van der Waals surface area contributed by atoms with Crippen molar-refractivity contribution < 1.29 is 14.0 Å². The van der Waals surface area contributed by atoms with E-state index in [1.165, 1.54) is 4.90 Å². The number of nitrogens with zero attached hydrogens (tertiary/aromatic N) is 3. The molecule has 1 saturated heterocycles. The fourth-order valence-corrected chi connectivity index (χ4v) is 1.97. The van der Waals surface area contributed by atoms with Gasteiger partial charge in [-0.3, -0.25) is 14.9 Å². The van der Waals surface area contributed by atoms with E-state index >= 15 is 0 Å². The summed E-state index contributed by atoms with van der Waals surface area (Å²) < 4.78 is 13.8. The van der Waals surface area contributed by atoms with E-state index in [0.29, 0.717) is 6.42 Å². The average Bonchev–Trinajstić information content (AvgIpc) is 2.38. The van der Waals surface area contributed by atoms with Gasteiger partial charge in [-0.05, 0) is 6.42 Å². The number of amides is 2. The van der Waals surface area contributed by atoms with Gasteiger partial charge >= 0.3 is 0 Å². The number of anilines is 2. The molecule has 7 nitrogen and oxygen atoms in total. The molecule has 2 amide bonds. The zero-order valence-electron chi connectivity index (χ0n) is 10.6. The number of carbonyl (C=O) groups excluding carboxylic acids is 2. The molecule has 1 atom stereocenters. The summed E-state index contributed by atoms with van der Waals surface area (Å²) in [5, 5.41) is 4.91. The van der Waals surface area contributed by atoms with Gasteiger partial charge in [0.2, 0.25) is 17.8 Å². The highest BCUT2D eigenvalue weighted by Crippen LogP contribution is 2.22. The Hall–Kier alpha value is -2.25. The van der Waals surface area contributed by atoms with Crippen LogP contribution in [-0.4, -0.2) is 41.4 Å². The third kappa shape index (κ3) is 2.47. The van der Waals surface area contributed by atoms with Crippen LogP contribution in [0.5, 0.6) is 0 Å². The molecule has 1 fully saturated rings. The first-order valence-electron chi connectivity index (χ1n) is 5.87. The first kappa shape index (κ1) is 13.2. The van der Waals surface area contributed by atoms with Crippen molar-refractivity contribution in [2.45, 2.75) is 19.4 Å². The zero-order chi connectivity index (χ0) is 14.0. The molecule has 2 heterocycles. The number of piperazine rings is 1. The molecule has 1 aliphatic heterocycles. The topological polar surface area (TPSA) is 87.2 Å². The van der Waals surface area contributed by atoms with Crippen LogP contribution in [0.1, 0.15) is 13.3 Å². The number of carbonyl (C=O) groups is 2. The molecule has 2 rings (SSSR count). The van der Waals surface area contributed by atoms with Gasteiger partial charge in [-0.2, -0.15) is 4.98 Å². The molecule has 0 radical (unpaired) electrons. The third-order valence-corrected chi connectivity index (χ3v) is 2.86. The van der Waals surface area contributed by atoms with E-state index in [0.717, 1.165) is 6.20 Å². The summed E-state index contributed by atoms with van der Waals surface area (Å²) in [6, 6.07) is -0.619. The number of hydrogen-bond donors (Lipinski definition) is 2. The van der Waals surface area contributed by atoms with Crippen molar-refractivity contribution in [3.63, 3.8) is 0 Å². The molecule has 2 N–H and O–H groups in total. The maximum Gasteiger partial charge on any atom is 0.249 e. The van der Waals surface area contributed by atoms with Crippen LogP contribution < -0.4 is 15.5 Å². The fraction of sp³-hybridized carbons (Fsp3) is 0.455. The SMILES string of the molecule is CCC1C(=O)NC(=O)CN1c1nc(NC)ncc1F. The molecule has 0 aliphatic carbocycles. The van der Waals surface area contributed by atoms with Crippen molar-refractivity contribution in [3.05, 3.63) is 12.0 Å². The first-order valence-corrected chi connectivity index (χ1v) is 5.87. The average molecular weight is 267 g/mol. The number of hydrogen-bond acceptors (Lipinski definition) is 6. The van der Waals surface area contributed by atoms with Crippen LogP contribution in [0.15, 0.2) is 6.20 Å². The van der Waals surface area contributed by atoms with E-state index < -0.39 is 23.7 Å². The third-order valence-electron chi connectivity index (χ3n) is 2.86. The summed E-state index contributed by atoms with van der Waals surface area (Å²) in [7, 11) is 1.60. The summed E-state index contributed by atoms with van der Waals surface area (Å²) in [6.07, 6.45) is 1.45. The molecule has 0 saturated carbocycles. The lowest BCUT2D eigenvalue weighted by Gasteiger charge is -2.34. The van der Waals surface area contributed by atoms with Crippen LogP contribution in [0.25, 0.3) is 0 Å². The van der Waals surface area contributed by atoms with E-state index in [1.54, 1.807) is 14.0 Å². The van der Waals surface area contributed by atoms with Gasteiger partial charge in [0.1, 0.15) is 6.04 Å². The van der Waals surface area contributed by atoms with Gasteiger partial charge in [-0.15, -0.1) is 0 Å². The van der Waals surface area contributed by atoms with Crippen molar-refractivity contribution in [2.75, 3.05) is 23.8 Å². The number of rotatable bonds is 3. The fourth-order valence-electron chi connectivity index (χ4n) is 1.97. The summed E-state index contributed by atoms with van der Waals surface area (Å²) in [5.74, 6) is -1.40. The van der Waals surface area contributed by atoms with Gasteiger partial charge in [0.15, 0.2) is 11.6 Å². The Labute approximate surface area is 109 Å². The zero-order valence-corrected chi connectivity index (χ0v) is 10.6. The lowest BCUT2D eigenvalue weighted by Crippen LogP contribution is -2.58. The molecule has 0 spiro atoms. The molecule has 19 heavy (non-hydrogen) atoms. The summed E-state index contributed by atoms with van der Waals surface area (Å²) >= 11 is 0. The quantitative estimate of drug-likeness (QED) is 0.744. The van der Waals surface area contributed by atoms with Crippen LogP contribution >= 0.6 is 0 Å². The van der Waals surface area contributed by atoms with Gasteiger partial charge in [0.05, 0.1) is 12.7 Å². The van der Waals surface area contributed by atoms with Crippen LogP contribution in [0.3, 0.4) is 0 Å². The highest BCUT2D eigenvalue weighted by Gasteiger charge is 2.34. The molecule has 1 aliphatic rings. The van der Waals surface area contributed by atoms with E-state index in [-0.39, 0.29) is 18.3 Å². The van der Waals surface area contributed by atoms with Crippen molar-refractivity contribution >= 4 is 23.6 Å². The van der Waals surface area contributed by atoms with Crippen LogP contribution in [0.4, 0.5) is 16.2 Å². The second-order valence-electron chi connectivity index (χ2n) is 4.08. The molecule has 8 heteroatoms. The first-order chi connectivity index (χ1) is 9.06. The van der Waals surface area contributed by atoms with Gasteiger partial charge in [-0.25, -0.2) is 9.37 Å². The van der Waals surface area contributed by atoms with Crippen molar-refractivity contribution in [1.82, 2.24) is 15.3 Å². The van der Waals surface area contributed by atoms with Crippen molar-refractivity contribution in [2.24, 2.45) is 0 Å². The van der Waals surface area contributed by atoms with Crippen LogP contribution in [0, 0.1) is 5.82 Å². The smallest absolute Gasteiger partial charge is 0.249 e. The molecule has 1 aromatic rings. The number of nitrogens with one attached hydrogen (secondary N) is 2. The Bertz CT molecular complexity index is 522. The molecule has 0 aromatic carbocycles. The maximum absolute atomic E-state index is 13.8. The second kappa shape index (κ2) is 5.17. The highest BCUT2D eigenvalue weighted by molar-refractivity contribution is 6.04. The van der Waals surface area contributed by atoms with E-state index in [4.69, 9.17) is 0 Å². The molecule has 0 bridgehead atoms. The molecular weight excluding hydrogens is 253 g/mol. The molecular formula is C11H14FN5O2. The Balaban J connectivity index is 2.42. The Morgan fingerprint density at radius 1 is 1.58 bits per heavy atom. The number of halogens is 1. The number of aromatic nitrogens is 2. The normalized spacial score (nSPS) is 19.3. The summed E-state index contributed by atoms with van der Waals surface area (Å²) in [5.41, 5.74) is 0. The van der Waals surface area contributed by atoms with Gasteiger partial charge in [-0.1, -0.05) is 6.92 Å². The Morgan fingerprint density at radius 2 is 2.32 bits per heavy atom. The minimum absolute atomic E-state index is 0.0469. The highest BCUT2D eigenvalue weighted by atomic mass is 19.1.